The number of hydrogen-bond acceptors (Lipinski definition) is 4. The Hall–Kier alpha value is -1.46. The van der Waals surface area contributed by atoms with Crippen molar-refractivity contribution in [3.8, 4) is 0 Å². The van der Waals surface area contributed by atoms with Gasteiger partial charge in [-0.25, -0.2) is 0 Å². The predicted octanol–water partition coefficient (Wildman–Crippen LogP) is 0.384. The second-order valence-electron chi connectivity index (χ2n) is 3.11. The fourth-order valence-corrected chi connectivity index (χ4v) is 1.05. The Labute approximate surface area is 88.6 Å². The molecule has 15 heavy (non-hydrogen) atoms. The summed E-state index contributed by atoms with van der Waals surface area (Å²) in [6.07, 6.45) is 3.72. The summed E-state index contributed by atoms with van der Waals surface area (Å²) in [5.74, 6) is -0.210. The fourth-order valence-electron chi connectivity index (χ4n) is 1.05. The molecule has 0 spiro atoms. The Kier molecular flexibility index (Phi) is 4.73. The molecule has 3 N–H and O–H groups in total. The van der Waals surface area contributed by atoms with Crippen LogP contribution in [0.5, 0.6) is 0 Å². The van der Waals surface area contributed by atoms with E-state index in [0.29, 0.717) is 18.7 Å². The first-order valence-electron chi connectivity index (χ1n) is 4.69. The Balaban J connectivity index is 2.42. The van der Waals surface area contributed by atoms with Crippen molar-refractivity contribution in [2.45, 2.75) is 12.5 Å². The number of carbonyl (C=O) groups is 1. The van der Waals surface area contributed by atoms with E-state index in [0.717, 1.165) is 0 Å². The molecular weight excluding hydrogens is 194 g/mol. The zero-order valence-electron chi connectivity index (χ0n) is 8.64. The number of pyridine rings is 1. The molecule has 0 fully saturated rings. The smallest absolute Gasteiger partial charge is 0.241 e. The lowest BCUT2D eigenvalue weighted by molar-refractivity contribution is -0.117. The first kappa shape index (κ1) is 11.6. The van der Waals surface area contributed by atoms with E-state index in [2.05, 4.69) is 10.3 Å². The van der Waals surface area contributed by atoms with Crippen LogP contribution >= 0.6 is 0 Å². The Morgan fingerprint density at radius 1 is 1.60 bits per heavy atom. The standard InChI is InChI=1S/C10H15N3O2/c1-15-7-4-9(11)10(14)13-8-2-5-12-6-3-8/h2-3,5-6,9H,4,7,11H2,1H3,(H,12,13,14). The van der Waals surface area contributed by atoms with Gasteiger partial charge in [-0.2, -0.15) is 0 Å². The topological polar surface area (TPSA) is 77.2 Å². The van der Waals surface area contributed by atoms with E-state index < -0.39 is 6.04 Å². The van der Waals surface area contributed by atoms with Gasteiger partial charge in [0, 0.05) is 31.8 Å². The first-order chi connectivity index (χ1) is 7.24. The molecule has 1 aromatic heterocycles. The molecule has 1 atom stereocenters. The minimum Gasteiger partial charge on any atom is -0.385 e. The number of carbonyl (C=O) groups excluding carboxylic acids is 1. The summed E-state index contributed by atoms with van der Waals surface area (Å²) in [7, 11) is 1.58. The maximum absolute atomic E-state index is 11.5. The molecular formula is C10H15N3O2. The van der Waals surface area contributed by atoms with E-state index in [1.54, 1.807) is 31.6 Å². The van der Waals surface area contributed by atoms with Gasteiger partial charge >= 0.3 is 0 Å². The van der Waals surface area contributed by atoms with Crippen molar-refractivity contribution in [2.75, 3.05) is 19.0 Å². The molecule has 0 radical (unpaired) electrons. The van der Waals surface area contributed by atoms with Crippen molar-refractivity contribution in [2.24, 2.45) is 5.73 Å². The van der Waals surface area contributed by atoms with E-state index in [-0.39, 0.29) is 5.91 Å². The van der Waals surface area contributed by atoms with Crippen molar-refractivity contribution in [3.05, 3.63) is 24.5 Å². The highest BCUT2D eigenvalue weighted by atomic mass is 16.5. The SMILES string of the molecule is COCCC(N)C(=O)Nc1ccncc1. The van der Waals surface area contributed by atoms with Crippen molar-refractivity contribution in [3.63, 3.8) is 0 Å². The Bertz CT molecular complexity index is 303. The third kappa shape index (κ3) is 4.05. The third-order valence-corrected chi connectivity index (χ3v) is 1.92. The largest absolute Gasteiger partial charge is 0.385 e. The molecule has 1 rings (SSSR count). The zero-order valence-corrected chi connectivity index (χ0v) is 8.64. The average Bonchev–Trinajstić information content (AvgIpc) is 2.27. The fraction of sp³-hybridized carbons (Fsp3) is 0.400. The van der Waals surface area contributed by atoms with Gasteiger partial charge in [-0.1, -0.05) is 0 Å². The summed E-state index contributed by atoms with van der Waals surface area (Å²) in [5, 5.41) is 2.69. The van der Waals surface area contributed by atoms with Crippen LogP contribution in [0.1, 0.15) is 6.42 Å². The lowest BCUT2D eigenvalue weighted by atomic mass is 10.2. The van der Waals surface area contributed by atoms with E-state index in [1.165, 1.54) is 0 Å². The average molecular weight is 209 g/mol. The summed E-state index contributed by atoms with van der Waals surface area (Å²) < 4.78 is 4.84. The van der Waals surface area contributed by atoms with Crippen molar-refractivity contribution in [1.29, 1.82) is 0 Å². The molecule has 0 saturated heterocycles. The molecule has 1 heterocycles. The molecule has 1 unspecified atom stereocenters. The summed E-state index contributed by atoms with van der Waals surface area (Å²) >= 11 is 0. The first-order valence-corrected chi connectivity index (χ1v) is 4.69. The minimum absolute atomic E-state index is 0.210. The monoisotopic (exact) mass is 209 g/mol. The summed E-state index contributed by atoms with van der Waals surface area (Å²) in [6, 6.07) is 2.88. The summed E-state index contributed by atoms with van der Waals surface area (Å²) in [5.41, 5.74) is 6.34. The molecule has 0 aliphatic rings. The van der Waals surface area contributed by atoms with Gasteiger partial charge in [-0.05, 0) is 18.6 Å². The molecule has 0 aliphatic heterocycles. The molecule has 1 amide bonds. The van der Waals surface area contributed by atoms with Crippen LogP contribution in [0.25, 0.3) is 0 Å². The van der Waals surface area contributed by atoms with Crippen molar-refractivity contribution in [1.82, 2.24) is 4.98 Å². The Morgan fingerprint density at radius 3 is 2.87 bits per heavy atom. The van der Waals surface area contributed by atoms with Crippen LogP contribution in [-0.4, -0.2) is 30.6 Å². The summed E-state index contributed by atoms with van der Waals surface area (Å²) in [4.78, 5) is 15.4. The molecule has 82 valence electrons. The lowest BCUT2D eigenvalue weighted by Crippen LogP contribution is -2.36. The van der Waals surface area contributed by atoms with Crippen LogP contribution in [0, 0.1) is 0 Å². The van der Waals surface area contributed by atoms with E-state index in [1.807, 2.05) is 0 Å². The number of hydrogen-bond donors (Lipinski definition) is 2. The number of rotatable bonds is 5. The van der Waals surface area contributed by atoms with Gasteiger partial charge in [0.05, 0.1) is 6.04 Å². The molecule has 1 aromatic rings. The number of ether oxygens (including phenoxy) is 1. The number of nitrogens with one attached hydrogen (secondary N) is 1. The van der Waals surface area contributed by atoms with Crippen molar-refractivity contribution >= 4 is 11.6 Å². The number of aromatic nitrogens is 1. The maximum Gasteiger partial charge on any atom is 0.241 e. The highest BCUT2D eigenvalue weighted by molar-refractivity contribution is 5.94. The van der Waals surface area contributed by atoms with Crippen LogP contribution in [0.2, 0.25) is 0 Å². The van der Waals surface area contributed by atoms with Gasteiger partial charge in [0.15, 0.2) is 0 Å². The van der Waals surface area contributed by atoms with Gasteiger partial charge in [0.25, 0.3) is 0 Å². The summed E-state index contributed by atoms with van der Waals surface area (Å²) in [6.45, 7) is 0.477. The second kappa shape index (κ2) is 6.10. The minimum atomic E-state index is -0.543. The maximum atomic E-state index is 11.5. The lowest BCUT2D eigenvalue weighted by Gasteiger charge is -2.11. The number of methoxy groups -OCH3 is 1. The third-order valence-electron chi connectivity index (χ3n) is 1.92. The number of amides is 1. The van der Waals surface area contributed by atoms with E-state index in [4.69, 9.17) is 10.5 Å². The predicted molar refractivity (Wildman–Crippen MR) is 57.3 cm³/mol. The van der Waals surface area contributed by atoms with Gasteiger partial charge in [-0.3, -0.25) is 9.78 Å². The highest BCUT2D eigenvalue weighted by Gasteiger charge is 2.12. The van der Waals surface area contributed by atoms with Gasteiger partial charge < -0.3 is 15.8 Å². The van der Waals surface area contributed by atoms with E-state index in [9.17, 15) is 4.79 Å². The van der Waals surface area contributed by atoms with E-state index >= 15 is 0 Å². The van der Waals surface area contributed by atoms with Gasteiger partial charge in [0.1, 0.15) is 0 Å². The zero-order chi connectivity index (χ0) is 11.1. The van der Waals surface area contributed by atoms with Crippen LogP contribution in [-0.2, 0) is 9.53 Å². The normalized spacial score (nSPS) is 12.1. The van der Waals surface area contributed by atoms with Crippen LogP contribution < -0.4 is 11.1 Å². The van der Waals surface area contributed by atoms with Crippen LogP contribution in [0.4, 0.5) is 5.69 Å². The van der Waals surface area contributed by atoms with Gasteiger partial charge in [-0.15, -0.1) is 0 Å². The Morgan fingerprint density at radius 2 is 2.27 bits per heavy atom. The van der Waals surface area contributed by atoms with Crippen molar-refractivity contribution < 1.29 is 9.53 Å². The highest BCUT2D eigenvalue weighted by Crippen LogP contribution is 2.04. The molecule has 0 saturated carbocycles. The number of nitrogens with zero attached hydrogens (tertiary/aromatic N) is 1. The van der Waals surface area contributed by atoms with Crippen LogP contribution in [0.3, 0.4) is 0 Å². The molecule has 5 heteroatoms. The number of nitrogens with two attached hydrogens (primary N) is 1. The molecule has 0 aliphatic carbocycles. The molecule has 0 bridgehead atoms. The second-order valence-corrected chi connectivity index (χ2v) is 3.11. The van der Waals surface area contributed by atoms with Crippen LogP contribution in [0.15, 0.2) is 24.5 Å². The quantitative estimate of drug-likeness (QED) is 0.735. The van der Waals surface area contributed by atoms with Gasteiger partial charge in [0.2, 0.25) is 5.91 Å². The molecule has 0 aromatic carbocycles. The molecule has 5 nitrogen and oxygen atoms in total. The number of anilines is 1.